The second-order valence-corrected chi connectivity index (χ2v) is 10.7. The van der Waals surface area contributed by atoms with E-state index in [0.717, 1.165) is 49.5 Å². The Bertz CT molecular complexity index is 1290. The summed E-state index contributed by atoms with van der Waals surface area (Å²) in [6, 6.07) is 10.2. The summed E-state index contributed by atoms with van der Waals surface area (Å²) in [6.45, 7) is 13.6. The summed E-state index contributed by atoms with van der Waals surface area (Å²) in [7, 11) is 0. The van der Waals surface area contributed by atoms with Gasteiger partial charge in [-0.1, -0.05) is 12.1 Å². The molecular weight excluding hydrogens is 481 g/mol. The number of hydrogen-bond acceptors (Lipinski definition) is 7. The molecule has 0 atom stereocenters. The van der Waals surface area contributed by atoms with E-state index in [2.05, 4.69) is 50.0 Å². The number of piperazine rings is 1. The summed E-state index contributed by atoms with van der Waals surface area (Å²) in [5.74, 6) is 0.506. The number of nitrogens with one attached hydrogen (secondary N) is 1. The third kappa shape index (κ3) is 5.68. The van der Waals surface area contributed by atoms with Crippen LogP contribution in [0.3, 0.4) is 0 Å². The maximum Gasteiger partial charge on any atom is 0.229 e. The van der Waals surface area contributed by atoms with E-state index in [1.54, 1.807) is 0 Å². The van der Waals surface area contributed by atoms with Crippen LogP contribution in [0.2, 0.25) is 0 Å². The second-order valence-electron chi connectivity index (χ2n) is 10.7. The minimum Gasteiger partial charge on any atom is -0.310 e. The van der Waals surface area contributed by atoms with Crippen molar-refractivity contribution in [3.8, 4) is 11.3 Å². The Morgan fingerprint density at radius 2 is 1.74 bits per heavy atom. The lowest BCUT2D eigenvalue weighted by Crippen LogP contribution is -2.48. The van der Waals surface area contributed by atoms with Crippen LogP contribution < -0.4 is 10.2 Å². The SMILES string of the molecule is CC(C)N1CCN(Cc2ccc(Nc3ncc(F)c(-c4ccc5c(c4)CCC(=O)N5C(C)C)n3)nc2)CC1. The Balaban J connectivity index is 1.27. The van der Waals surface area contributed by atoms with Crippen LogP contribution in [0.4, 0.5) is 21.8 Å². The molecule has 2 aliphatic rings. The molecule has 0 unspecified atom stereocenters. The monoisotopic (exact) mass is 517 g/mol. The number of rotatable bonds is 7. The Morgan fingerprint density at radius 1 is 0.947 bits per heavy atom. The molecule has 200 valence electrons. The van der Waals surface area contributed by atoms with E-state index in [4.69, 9.17) is 0 Å². The van der Waals surface area contributed by atoms with Crippen molar-refractivity contribution in [2.75, 3.05) is 36.4 Å². The molecule has 38 heavy (non-hydrogen) atoms. The van der Waals surface area contributed by atoms with Crippen LogP contribution in [-0.4, -0.2) is 68.9 Å². The van der Waals surface area contributed by atoms with Gasteiger partial charge in [0, 0.05) is 68.7 Å². The molecule has 0 aliphatic carbocycles. The maximum absolute atomic E-state index is 14.8. The number of pyridine rings is 1. The van der Waals surface area contributed by atoms with Crippen molar-refractivity contribution in [3.05, 3.63) is 59.7 Å². The first-order valence-corrected chi connectivity index (χ1v) is 13.4. The summed E-state index contributed by atoms with van der Waals surface area (Å²) >= 11 is 0. The summed E-state index contributed by atoms with van der Waals surface area (Å²) in [4.78, 5) is 32.3. The van der Waals surface area contributed by atoms with E-state index in [1.165, 1.54) is 6.20 Å². The molecule has 2 aliphatic heterocycles. The van der Waals surface area contributed by atoms with E-state index in [1.807, 2.05) is 49.2 Å². The normalized spacial score (nSPS) is 16.8. The highest BCUT2D eigenvalue weighted by Crippen LogP contribution is 2.33. The molecule has 0 radical (unpaired) electrons. The molecular formula is C29H36FN7O. The van der Waals surface area contributed by atoms with Gasteiger partial charge >= 0.3 is 0 Å². The van der Waals surface area contributed by atoms with Crippen LogP contribution in [0.25, 0.3) is 11.3 Å². The second kappa shape index (κ2) is 11.1. The number of halogens is 1. The highest BCUT2D eigenvalue weighted by molar-refractivity contribution is 5.97. The number of carbonyl (C=O) groups excluding carboxylic acids is 1. The molecule has 1 saturated heterocycles. The van der Waals surface area contributed by atoms with Gasteiger partial charge < -0.3 is 10.2 Å². The van der Waals surface area contributed by atoms with Crippen molar-refractivity contribution < 1.29 is 9.18 Å². The van der Waals surface area contributed by atoms with Gasteiger partial charge in [0.1, 0.15) is 11.5 Å². The molecule has 0 saturated carbocycles. The molecule has 1 amide bonds. The maximum atomic E-state index is 14.8. The van der Waals surface area contributed by atoms with Crippen LogP contribution in [0.5, 0.6) is 0 Å². The largest absolute Gasteiger partial charge is 0.310 e. The first-order valence-electron chi connectivity index (χ1n) is 13.4. The highest BCUT2D eigenvalue weighted by Gasteiger charge is 2.27. The van der Waals surface area contributed by atoms with Gasteiger partial charge in [0.05, 0.1) is 6.20 Å². The molecule has 1 aromatic carbocycles. The van der Waals surface area contributed by atoms with E-state index in [9.17, 15) is 9.18 Å². The predicted molar refractivity (Wildman–Crippen MR) is 148 cm³/mol. The van der Waals surface area contributed by atoms with E-state index >= 15 is 0 Å². The molecule has 8 nitrogen and oxygen atoms in total. The lowest BCUT2D eigenvalue weighted by atomic mass is 9.96. The zero-order valence-electron chi connectivity index (χ0n) is 22.6. The van der Waals surface area contributed by atoms with Crippen LogP contribution >= 0.6 is 0 Å². The quantitative estimate of drug-likeness (QED) is 0.489. The smallest absolute Gasteiger partial charge is 0.229 e. The first kappa shape index (κ1) is 26.2. The standard InChI is InChI=1S/C29H36FN7O/c1-19(2)36-13-11-35(12-14-36)18-21-5-9-26(31-16-21)33-29-32-17-24(30)28(34-29)23-6-8-25-22(15-23)7-10-27(38)37(25)20(3)4/h5-6,8-9,15-17,19-20H,7,10-14,18H2,1-4H3,(H,31,32,33,34). The minimum atomic E-state index is -0.496. The molecule has 0 bridgehead atoms. The molecule has 4 heterocycles. The Hall–Kier alpha value is -3.43. The Morgan fingerprint density at radius 3 is 2.42 bits per heavy atom. The van der Waals surface area contributed by atoms with Gasteiger partial charge in [-0.3, -0.25) is 14.6 Å². The number of hydrogen-bond donors (Lipinski definition) is 1. The molecule has 3 aromatic rings. The van der Waals surface area contributed by atoms with Gasteiger partial charge in [0.15, 0.2) is 5.82 Å². The van der Waals surface area contributed by atoms with Gasteiger partial charge in [0.25, 0.3) is 0 Å². The Kier molecular flexibility index (Phi) is 7.67. The molecule has 2 aromatic heterocycles. The fourth-order valence-electron chi connectivity index (χ4n) is 5.26. The number of aromatic nitrogens is 3. The van der Waals surface area contributed by atoms with E-state index in [0.29, 0.717) is 30.3 Å². The number of carbonyl (C=O) groups is 1. The topological polar surface area (TPSA) is 77.5 Å². The van der Waals surface area contributed by atoms with Crippen LogP contribution in [0.1, 0.15) is 45.2 Å². The van der Waals surface area contributed by atoms with E-state index in [-0.39, 0.29) is 23.6 Å². The van der Waals surface area contributed by atoms with Gasteiger partial charge in [-0.25, -0.2) is 19.3 Å². The molecule has 9 heteroatoms. The summed E-state index contributed by atoms with van der Waals surface area (Å²) < 4.78 is 14.8. The molecule has 1 N–H and O–H groups in total. The Labute approximate surface area is 223 Å². The summed E-state index contributed by atoms with van der Waals surface area (Å²) in [6.07, 6.45) is 4.13. The predicted octanol–water partition coefficient (Wildman–Crippen LogP) is 4.63. The van der Waals surface area contributed by atoms with Crippen LogP contribution in [-0.2, 0) is 17.8 Å². The van der Waals surface area contributed by atoms with Crippen molar-refractivity contribution in [3.63, 3.8) is 0 Å². The van der Waals surface area contributed by atoms with Gasteiger partial charge in [-0.05, 0) is 63.4 Å². The van der Waals surface area contributed by atoms with Crippen LogP contribution in [0.15, 0.2) is 42.7 Å². The number of fused-ring (bicyclic) bond motifs is 1. The zero-order valence-corrected chi connectivity index (χ0v) is 22.6. The molecule has 1 fully saturated rings. The number of benzene rings is 1. The van der Waals surface area contributed by atoms with Crippen LogP contribution in [0, 0.1) is 5.82 Å². The van der Waals surface area contributed by atoms with Crippen molar-refractivity contribution in [2.24, 2.45) is 0 Å². The van der Waals surface area contributed by atoms with Gasteiger partial charge in [-0.15, -0.1) is 0 Å². The summed E-state index contributed by atoms with van der Waals surface area (Å²) in [5, 5.41) is 3.11. The fourth-order valence-corrected chi connectivity index (χ4v) is 5.26. The van der Waals surface area contributed by atoms with Gasteiger partial charge in [-0.2, -0.15) is 0 Å². The van der Waals surface area contributed by atoms with Crippen molar-refractivity contribution >= 4 is 23.4 Å². The highest BCUT2D eigenvalue weighted by atomic mass is 19.1. The lowest BCUT2D eigenvalue weighted by Gasteiger charge is -2.36. The number of amides is 1. The molecule has 0 spiro atoms. The number of nitrogens with zero attached hydrogens (tertiary/aromatic N) is 6. The third-order valence-corrected chi connectivity index (χ3v) is 7.36. The number of anilines is 3. The average Bonchev–Trinajstić information content (AvgIpc) is 2.90. The fraction of sp³-hybridized carbons (Fsp3) is 0.448. The molecule has 5 rings (SSSR count). The van der Waals surface area contributed by atoms with Gasteiger partial charge in [0.2, 0.25) is 11.9 Å². The van der Waals surface area contributed by atoms with Crippen molar-refractivity contribution in [1.29, 1.82) is 0 Å². The third-order valence-electron chi connectivity index (χ3n) is 7.36. The zero-order chi connectivity index (χ0) is 26.8. The lowest BCUT2D eigenvalue weighted by molar-refractivity contribution is -0.119. The van der Waals surface area contributed by atoms with Crippen molar-refractivity contribution in [2.45, 2.75) is 59.2 Å². The minimum absolute atomic E-state index is 0.0629. The van der Waals surface area contributed by atoms with Crippen molar-refractivity contribution in [1.82, 2.24) is 24.8 Å². The van der Waals surface area contributed by atoms with E-state index < -0.39 is 5.82 Å². The first-order chi connectivity index (χ1) is 18.3. The number of aryl methyl sites for hydroxylation is 1. The summed E-state index contributed by atoms with van der Waals surface area (Å²) in [5.41, 5.74) is 3.93. The average molecular weight is 518 g/mol.